The zero-order valence-electron chi connectivity index (χ0n) is 15.3. The maximum absolute atomic E-state index is 6.34. The summed E-state index contributed by atoms with van der Waals surface area (Å²) in [6, 6.07) is 21.9. The summed E-state index contributed by atoms with van der Waals surface area (Å²) < 4.78 is 7.43. The molecule has 0 bridgehead atoms. The van der Waals surface area contributed by atoms with Crippen molar-refractivity contribution in [1.29, 1.82) is 0 Å². The van der Waals surface area contributed by atoms with Crippen LogP contribution < -0.4 is 4.74 Å². The zero-order valence-corrected chi connectivity index (χ0v) is 16.9. The summed E-state index contributed by atoms with van der Waals surface area (Å²) in [4.78, 5) is 0. The van der Waals surface area contributed by atoms with Crippen molar-refractivity contribution in [3.05, 3.63) is 93.0 Å². The van der Waals surface area contributed by atoms with Gasteiger partial charge in [0.15, 0.2) is 0 Å². The summed E-state index contributed by atoms with van der Waals surface area (Å²) >= 11 is 3.69. The molecular formula is C24H21BrO. The molecule has 0 amide bonds. The molecule has 0 radical (unpaired) electrons. The van der Waals surface area contributed by atoms with Gasteiger partial charge < -0.3 is 4.74 Å². The van der Waals surface area contributed by atoms with Gasteiger partial charge in [-0.3, -0.25) is 0 Å². The van der Waals surface area contributed by atoms with Gasteiger partial charge >= 0.3 is 0 Å². The SMILES string of the molecule is Cc1ccc2c(c1)C1(CC(C)(C)c3ccccc31)c1cc(Br)ccc1O2. The highest BCUT2D eigenvalue weighted by Crippen LogP contribution is 2.62. The third-order valence-electron chi connectivity index (χ3n) is 6.04. The Balaban J connectivity index is 1.94. The molecule has 1 nitrogen and oxygen atoms in total. The van der Waals surface area contributed by atoms with Crippen molar-refractivity contribution in [2.45, 2.75) is 38.0 Å². The predicted molar refractivity (Wildman–Crippen MR) is 109 cm³/mol. The lowest BCUT2D eigenvalue weighted by Crippen LogP contribution is -2.32. The third kappa shape index (κ3) is 2.02. The van der Waals surface area contributed by atoms with E-state index in [4.69, 9.17) is 4.74 Å². The molecule has 1 heterocycles. The Morgan fingerprint density at radius 1 is 0.808 bits per heavy atom. The van der Waals surface area contributed by atoms with Gasteiger partial charge in [-0.25, -0.2) is 0 Å². The van der Waals surface area contributed by atoms with Crippen molar-refractivity contribution in [3.63, 3.8) is 0 Å². The van der Waals surface area contributed by atoms with E-state index in [2.05, 4.69) is 97.4 Å². The summed E-state index contributed by atoms with van der Waals surface area (Å²) in [5.41, 5.74) is 6.63. The molecule has 1 aliphatic heterocycles. The van der Waals surface area contributed by atoms with E-state index in [9.17, 15) is 0 Å². The van der Waals surface area contributed by atoms with Crippen LogP contribution in [0.25, 0.3) is 0 Å². The van der Waals surface area contributed by atoms with E-state index in [0.29, 0.717) is 0 Å². The third-order valence-corrected chi connectivity index (χ3v) is 6.53. The largest absolute Gasteiger partial charge is 0.457 e. The van der Waals surface area contributed by atoms with Crippen LogP contribution in [0.2, 0.25) is 0 Å². The highest BCUT2D eigenvalue weighted by Gasteiger charge is 2.53. The molecule has 26 heavy (non-hydrogen) atoms. The molecule has 130 valence electrons. The second-order valence-corrected chi connectivity index (χ2v) is 9.17. The van der Waals surface area contributed by atoms with Crippen LogP contribution in [-0.4, -0.2) is 0 Å². The van der Waals surface area contributed by atoms with Crippen molar-refractivity contribution < 1.29 is 4.74 Å². The summed E-state index contributed by atoms with van der Waals surface area (Å²) in [5, 5.41) is 0. The molecule has 0 fully saturated rings. The van der Waals surface area contributed by atoms with Crippen LogP contribution >= 0.6 is 15.9 Å². The van der Waals surface area contributed by atoms with Crippen LogP contribution in [0.1, 0.15) is 48.1 Å². The van der Waals surface area contributed by atoms with Gasteiger partial charge in [0.1, 0.15) is 11.5 Å². The molecule has 0 saturated heterocycles. The Morgan fingerprint density at radius 3 is 2.23 bits per heavy atom. The van der Waals surface area contributed by atoms with E-state index in [1.807, 2.05) is 0 Å². The lowest BCUT2D eigenvalue weighted by molar-refractivity contribution is 0.382. The van der Waals surface area contributed by atoms with Crippen molar-refractivity contribution in [2.24, 2.45) is 0 Å². The van der Waals surface area contributed by atoms with Gasteiger partial charge in [0.25, 0.3) is 0 Å². The van der Waals surface area contributed by atoms with E-state index in [0.717, 1.165) is 22.4 Å². The number of hydrogen-bond acceptors (Lipinski definition) is 1. The van der Waals surface area contributed by atoms with E-state index in [-0.39, 0.29) is 10.8 Å². The minimum absolute atomic E-state index is 0.106. The first-order valence-corrected chi connectivity index (χ1v) is 9.90. The van der Waals surface area contributed by atoms with E-state index in [1.165, 1.54) is 27.8 Å². The summed E-state index contributed by atoms with van der Waals surface area (Å²) in [5.74, 6) is 1.95. The topological polar surface area (TPSA) is 9.23 Å². The molecule has 3 aromatic carbocycles. The minimum Gasteiger partial charge on any atom is -0.457 e. The predicted octanol–water partition coefficient (Wildman–Crippen LogP) is 6.88. The zero-order chi connectivity index (χ0) is 18.1. The molecule has 1 aliphatic carbocycles. The highest BCUT2D eigenvalue weighted by molar-refractivity contribution is 9.10. The van der Waals surface area contributed by atoms with Gasteiger partial charge in [0.05, 0.1) is 5.41 Å². The molecular weight excluding hydrogens is 384 g/mol. The average molecular weight is 405 g/mol. The van der Waals surface area contributed by atoms with Crippen LogP contribution in [-0.2, 0) is 10.8 Å². The Labute approximate surface area is 163 Å². The fourth-order valence-corrected chi connectivity index (χ4v) is 5.40. The van der Waals surface area contributed by atoms with Gasteiger partial charge in [-0.1, -0.05) is 71.7 Å². The first kappa shape index (κ1) is 16.1. The number of halogens is 1. The van der Waals surface area contributed by atoms with E-state index < -0.39 is 0 Å². The Morgan fingerprint density at radius 2 is 1.46 bits per heavy atom. The number of aryl methyl sites for hydroxylation is 1. The number of hydrogen-bond donors (Lipinski definition) is 0. The number of benzene rings is 3. The Bertz CT molecular complexity index is 996. The molecule has 1 spiro atoms. The van der Waals surface area contributed by atoms with Crippen LogP contribution in [0.3, 0.4) is 0 Å². The lowest BCUT2D eigenvalue weighted by Gasteiger charge is -2.39. The van der Waals surface area contributed by atoms with Crippen molar-refractivity contribution >= 4 is 15.9 Å². The lowest BCUT2D eigenvalue weighted by atomic mass is 9.67. The van der Waals surface area contributed by atoms with Gasteiger partial charge in [0, 0.05) is 15.6 Å². The van der Waals surface area contributed by atoms with Gasteiger partial charge in [-0.2, -0.15) is 0 Å². The molecule has 0 aromatic heterocycles. The second kappa shape index (κ2) is 5.23. The van der Waals surface area contributed by atoms with Crippen molar-refractivity contribution in [3.8, 4) is 11.5 Å². The fourth-order valence-electron chi connectivity index (χ4n) is 5.03. The van der Waals surface area contributed by atoms with Gasteiger partial charge in [0.2, 0.25) is 0 Å². The van der Waals surface area contributed by atoms with Crippen LogP contribution in [0, 0.1) is 6.92 Å². The summed E-state index contributed by atoms with van der Waals surface area (Å²) in [7, 11) is 0. The minimum atomic E-state index is -0.168. The van der Waals surface area contributed by atoms with Crippen LogP contribution in [0.4, 0.5) is 0 Å². The van der Waals surface area contributed by atoms with Crippen molar-refractivity contribution in [1.82, 2.24) is 0 Å². The Kier molecular flexibility index (Phi) is 3.25. The quantitative estimate of drug-likeness (QED) is 0.396. The normalized spacial score (nSPS) is 21.7. The molecule has 1 atom stereocenters. The van der Waals surface area contributed by atoms with Gasteiger partial charge in [-0.05, 0) is 54.2 Å². The first-order valence-electron chi connectivity index (χ1n) is 9.11. The maximum atomic E-state index is 6.34. The Hall–Kier alpha value is -2.06. The summed E-state index contributed by atoms with van der Waals surface area (Å²) in [6.45, 7) is 6.89. The monoisotopic (exact) mass is 404 g/mol. The van der Waals surface area contributed by atoms with E-state index >= 15 is 0 Å². The number of rotatable bonds is 0. The molecule has 1 unspecified atom stereocenters. The average Bonchev–Trinajstić information content (AvgIpc) is 2.86. The molecule has 0 N–H and O–H groups in total. The fraction of sp³-hybridized carbons (Fsp3) is 0.250. The highest BCUT2D eigenvalue weighted by atomic mass is 79.9. The summed E-state index contributed by atoms with van der Waals surface area (Å²) in [6.07, 6.45) is 1.04. The van der Waals surface area contributed by atoms with Crippen LogP contribution in [0.15, 0.2) is 65.1 Å². The van der Waals surface area contributed by atoms with E-state index in [1.54, 1.807) is 0 Å². The number of fused-ring (bicyclic) bond motifs is 6. The first-order chi connectivity index (χ1) is 12.4. The molecule has 2 aliphatic rings. The number of ether oxygens (including phenoxy) is 1. The molecule has 2 heteroatoms. The molecule has 5 rings (SSSR count). The van der Waals surface area contributed by atoms with Gasteiger partial charge in [-0.15, -0.1) is 0 Å². The molecule has 3 aromatic rings. The maximum Gasteiger partial charge on any atom is 0.131 e. The smallest absolute Gasteiger partial charge is 0.131 e. The molecule has 0 saturated carbocycles. The van der Waals surface area contributed by atoms with Crippen LogP contribution in [0.5, 0.6) is 11.5 Å². The second-order valence-electron chi connectivity index (χ2n) is 8.25. The van der Waals surface area contributed by atoms with Crippen molar-refractivity contribution in [2.75, 3.05) is 0 Å². The standard InChI is InChI=1S/C24H21BrO/c1-15-8-10-21-19(12-15)24(20-13-16(25)9-11-22(20)26-21)14-23(2,3)17-6-4-5-7-18(17)24/h4-13H,14H2,1-3H3.